The molecule has 1 atom stereocenters. The Bertz CT molecular complexity index is 1210. The summed E-state index contributed by atoms with van der Waals surface area (Å²) >= 11 is 0. The van der Waals surface area contributed by atoms with Gasteiger partial charge >= 0.3 is 0 Å². The highest BCUT2D eigenvalue weighted by atomic mass is 32.2. The van der Waals surface area contributed by atoms with Crippen molar-refractivity contribution in [2.24, 2.45) is 0 Å². The zero-order chi connectivity index (χ0) is 24.3. The fourth-order valence-corrected chi connectivity index (χ4v) is 5.98. The van der Waals surface area contributed by atoms with Crippen molar-refractivity contribution in [3.05, 3.63) is 71.6 Å². The number of nitrogens with zero attached hydrogens (tertiary/aromatic N) is 3. The van der Waals surface area contributed by atoms with Crippen LogP contribution in [-0.4, -0.2) is 61.4 Å². The third-order valence-corrected chi connectivity index (χ3v) is 8.30. The van der Waals surface area contributed by atoms with E-state index >= 15 is 0 Å². The topological polar surface area (TPSA) is 95.8 Å². The lowest BCUT2D eigenvalue weighted by Crippen LogP contribution is -2.51. The molecule has 0 spiro atoms. The fraction of sp³-hybridized carbons (Fsp3) is 0.360. The maximum atomic E-state index is 13.0. The molecule has 34 heavy (non-hydrogen) atoms. The number of hydrogen-bond donors (Lipinski definition) is 1. The molecule has 2 heterocycles. The number of hydrogen-bond acceptors (Lipinski definition) is 6. The van der Waals surface area contributed by atoms with E-state index in [1.54, 1.807) is 13.8 Å². The van der Waals surface area contributed by atoms with Crippen molar-refractivity contribution in [3.8, 4) is 11.1 Å². The molecule has 1 aromatic heterocycles. The van der Waals surface area contributed by atoms with Crippen LogP contribution in [0.3, 0.4) is 0 Å². The van der Waals surface area contributed by atoms with Crippen LogP contribution in [0.2, 0.25) is 0 Å². The predicted molar refractivity (Wildman–Crippen MR) is 130 cm³/mol. The summed E-state index contributed by atoms with van der Waals surface area (Å²) in [5, 5.41) is 6.81. The molecule has 0 unspecified atom stereocenters. The Morgan fingerprint density at radius 2 is 1.62 bits per heavy atom. The van der Waals surface area contributed by atoms with Crippen LogP contribution < -0.4 is 5.32 Å². The van der Waals surface area contributed by atoms with Gasteiger partial charge in [-0.25, -0.2) is 8.42 Å². The summed E-state index contributed by atoms with van der Waals surface area (Å²) in [6.45, 7) is 7.01. The summed E-state index contributed by atoms with van der Waals surface area (Å²) in [6, 6.07) is 18.2. The first kappa shape index (κ1) is 24.1. The maximum Gasteiger partial charge on any atom is 0.248 e. The number of nitrogens with one attached hydrogen (secondary N) is 1. The number of aromatic nitrogens is 1. The summed E-state index contributed by atoms with van der Waals surface area (Å²) < 4.78 is 32.4. The zero-order valence-electron chi connectivity index (χ0n) is 19.7. The average Bonchev–Trinajstić information content (AvgIpc) is 3.18. The molecule has 1 aliphatic rings. The Labute approximate surface area is 200 Å². The molecule has 4 rings (SSSR count). The first-order valence-corrected chi connectivity index (χ1v) is 12.8. The number of benzene rings is 2. The van der Waals surface area contributed by atoms with Gasteiger partial charge in [-0.1, -0.05) is 59.8 Å². The molecule has 1 N–H and O–H groups in total. The van der Waals surface area contributed by atoms with Crippen molar-refractivity contribution >= 4 is 15.9 Å². The van der Waals surface area contributed by atoms with Crippen LogP contribution >= 0.6 is 0 Å². The maximum absolute atomic E-state index is 13.0. The summed E-state index contributed by atoms with van der Waals surface area (Å²) in [5.41, 5.74) is 3.68. The van der Waals surface area contributed by atoms with E-state index in [-0.39, 0.29) is 23.4 Å². The molecule has 0 bridgehead atoms. The van der Waals surface area contributed by atoms with E-state index in [2.05, 4.69) is 34.7 Å². The lowest BCUT2D eigenvalue weighted by molar-refractivity contribution is -0.123. The van der Waals surface area contributed by atoms with Crippen LogP contribution in [0.1, 0.15) is 30.0 Å². The summed E-state index contributed by atoms with van der Waals surface area (Å²) in [4.78, 5) is 14.7. The first-order valence-electron chi connectivity index (χ1n) is 11.4. The molecular weight excluding hydrogens is 452 g/mol. The fourth-order valence-electron chi connectivity index (χ4n) is 4.27. The third kappa shape index (κ3) is 5.22. The molecular formula is C25H30N4O4S. The van der Waals surface area contributed by atoms with E-state index in [9.17, 15) is 13.2 Å². The SMILES string of the molecule is Cc1noc(C)c1S(=O)(=O)N1CCN(CC(=O)N[C@H](C)c2ccc(-c3ccccc3)cc2)CC1. The Hall–Kier alpha value is -3.01. The van der Waals surface area contributed by atoms with Gasteiger partial charge < -0.3 is 9.84 Å². The minimum Gasteiger partial charge on any atom is -0.360 e. The van der Waals surface area contributed by atoms with Crippen LogP contribution in [0.25, 0.3) is 11.1 Å². The van der Waals surface area contributed by atoms with Crippen molar-refractivity contribution in [1.29, 1.82) is 0 Å². The minimum atomic E-state index is -3.66. The van der Waals surface area contributed by atoms with Gasteiger partial charge in [0.1, 0.15) is 10.6 Å². The van der Waals surface area contributed by atoms with Crippen molar-refractivity contribution < 1.29 is 17.7 Å². The van der Waals surface area contributed by atoms with Crippen molar-refractivity contribution in [2.75, 3.05) is 32.7 Å². The molecule has 0 saturated carbocycles. The molecule has 1 fully saturated rings. The highest BCUT2D eigenvalue weighted by Gasteiger charge is 2.33. The Morgan fingerprint density at radius 3 is 2.21 bits per heavy atom. The predicted octanol–water partition coefficient (Wildman–Crippen LogP) is 3.14. The molecule has 180 valence electrons. The van der Waals surface area contributed by atoms with Crippen molar-refractivity contribution in [1.82, 2.24) is 19.7 Å². The van der Waals surface area contributed by atoms with E-state index in [4.69, 9.17) is 4.52 Å². The largest absolute Gasteiger partial charge is 0.360 e. The lowest BCUT2D eigenvalue weighted by Gasteiger charge is -2.33. The second kappa shape index (κ2) is 10.1. The van der Waals surface area contributed by atoms with Gasteiger partial charge in [0.05, 0.1) is 12.6 Å². The molecule has 9 heteroatoms. The molecule has 0 radical (unpaired) electrons. The highest BCUT2D eigenvalue weighted by molar-refractivity contribution is 7.89. The van der Waals surface area contributed by atoms with E-state index in [0.717, 1.165) is 16.7 Å². The number of carbonyl (C=O) groups excluding carboxylic acids is 1. The molecule has 2 aromatic carbocycles. The standard InChI is InChI=1S/C25H30N4O4S/c1-18(21-9-11-23(12-10-21)22-7-5-4-6-8-22)26-24(30)17-28-13-15-29(16-14-28)34(31,32)25-19(2)27-33-20(25)3/h4-12,18H,13-17H2,1-3H3,(H,26,30)/t18-/m1/s1. The smallest absolute Gasteiger partial charge is 0.248 e. The van der Waals surface area contributed by atoms with E-state index in [0.29, 0.717) is 37.6 Å². The van der Waals surface area contributed by atoms with Gasteiger partial charge in [-0.2, -0.15) is 4.31 Å². The quantitative estimate of drug-likeness (QED) is 0.556. The number of piperazine rings is 1. The van der Waals surface area contributed by atoms with Gasteiger partial charge in [0.25, 0.3) is 0 Å². The number of carbonyl (C=O) groups is 1. The van der Waals surface area contributed by atoms with Crippen LogP contribution in [0.4, 0.5) is 0 Å². The Kier molecular flexibility index (Phi) is 7.16. The van der Waals surface area contributed by atoms with Gasteiger partial charge in [0.15, 0.2) is 5.76 Å². The van der Waals surface area contributed by atoms with Gasteiger partial charge in [-0.3, -0.25) is 9.69 Å². The van der Waals surface area contributed by atoms with Gasteiger partial charge in [0, 0.05) is 26.2 Å². The molecule has 0 aliphatic carbocycles. The normalized spacial score (nSPS) is 16.3. The number of amides is 1. The second-order valence-electron chi connectivity index (χ2n) is 8.61. The molecule has 8 nitrogen and oxygen atoms in total. The Morgan fingerprint density at radius 1 is 1.00 bits per heavy atom. The lowest BCUT2D eigenvalue weighted by atomic mass is 10.0. The summed E-state index contributed by atoms with van der Waals surface area (Å²) in [5.74, 6) is 0.215. The van der Waals surface area contributed by atoms with Crippen molar-refractivity contribution in [3.63, 3.8) is 0 Å². The van der Waals surface area contributed by atoms with Crippen LogP contribution in [0, 0.1) is 13.8 Å². The minimum absolute atomic E-state index is 0.0818. The number of sulfonamides is 1. The molecule has 3 aromatic rings. The average molecular weight is 483 g/mol. The molecule has 1 saturated heterocycles. The third-order valence-electron chi connectivity index (χ3n) is 6.16. The van der Waals surface area contributed by atoms with E-state index in [1.165, 1.54) is 4.31 Å². The van der Waals surface area contributed by atoms with E-state index < -0.39 is 10.0 Å². The van der Waals surface area contributed by atoms with E-state index in [1.807, 2.05) is 42.2 Å². The molecule has 1 amide bonds. The monoisotopic (exact) mass is 482 g/mol. The molecule has 1 aliphatic heterocycles. The summed E-state index contributed by atoms with van der Waals surface area (Å²) in [6.07, 6.45) is 0. The van der Waals surface area contributed by atoms with Crippen molar-refractivity contribution in [2.45, 2.75) is 31.7 Å². The van der Waals surface area contributed by atoms with Crippen LogP contribution in [-0.2, 0) is 14.8 Å². The Balaban J connectivity index is 1.29. The zero-order valence-corrected chi connectivity index (χ0v) is 20.5. The van der Waals surface area contributed by atoms with Gasteiger partial charge in [0.2, 0.25) is 15.9 Å². The number of aryl methyl sites for hydroxylation is 2. The van der Waals surface area contributed by atoms with Gasteiger partial charge in [-0.05, 0) is 37.5 Å². The highest BCUT2D eigenvalue weighted by Crippen LogP contribution is 2.24. The van der Waals surface area contributed by atoms with Gasteiger partial charge in [-0.15, -0.1) is 0 Å². The summed E-state index contributed by atoms with van der Waals surface area (Å²) in [7, 11) is -3.66. The number of rotatable bonds is 7. The van der Waals surface area contributed by atoms with Crippen LogP contribution in [0.5, 0.6) is 0 Å². The second-order valence-corrected chi connectivity index (χ2v) is 10.5. The first-order chi connectivity index (χ1) is 16.3. The van der Waals surface area contributed by atoms with Crippen LogP contribution in [0.15, 0.2) is 64.0 Å².